The Balaban J connectivity index is 2.47. The number of hydrogen-bond acceptors (Lipinski definition) is 5. The number of hydrogen-bond donors (Lipinski definition) is 2. The first-order chi connectivity index (χ1) is 10.5. The molecule has 0 unspecified atom stereocenters. The molecule has 0 fully saturated rings. The summed E-state index contributed by atoms with van der Waals surface area (Å²) < 4.78 is 1.77. The number of fused-ring (bicyclic) bond motifs is 2. The van der Waals surface area contributed by atoms with Crippen molar-refractivity contribution >= 4 is 11.0 Å². The molecular formula is C15H16N4O3. The molecule has 0 saturated carbocycles. The molecule has 2 N–H and O–H groups in total. The zero-order chi connectivity index (χ0) is 15.9. The van der Waals surface area contributed by atoms with E-state index in [1.165, 1.54) is 0 Å². The summed E-state index contributed by atoms with van der Waals surface area (Å²) in [5, 5.41) is 9.10. The van der Waals surface area contributed by atoms with Crippen LogP contribution in [-0.4, -0.2) is 31.2 Å². The SMILES string of the molecule is Cc1cc2nc3c(=O)[nH]c(=O)nc-3n(CCCO)c2cc1C. The second-order valence-corrected chi connectivity index (χ2v) is 5.31. The molecular weight excluding hydrogens is 284 g/mol. The summed E-state index contributed by atoms with van der Waals surface area (Å²) in [6.45, 7) is 4.42. The van der Waals surface area contributed by atoms with E-state index in [0.717, 1.165) is 16.6 Å². The number of benzene rings is 1. The molecule has 1 aromatic rings. The van der Waals surface area contributed by atoms with Gasteiger partial charge in [-0.1, -0.05) is 0 Å². The number of aliphatic hydroxyl groups is 1. The van der Waals surface area contributed by atoms with Crippen molar-refractivity contribution in [3.05, 3.63) is 44.1 Å². The molecule has 114 valence electrons. The lowest BCUT2D eigenvalue weighted by Gasteiger charge is -2.17. The molecule has 0 aromatic heterocycles. The van der Waals surface area contributed by atoms with E-state index in [1.54, 1.807) is 4.57 Å². The van der Waals surface area contributed by atoms with Crippen LogP contribution in [0.5, 0.6) is 0 Å². The summed E-state index contributed by atoms with van der Waals surface area (Å²) in [5.41, 5.74) is 2.50. The van der Waals surface area contributed by atoms with Crippen LogP contribution in [0.25, 0.3) is 22.6 Å². The summed E-state index contributed by atoms with van der Waals surface area (Å²) in [6.07, 6.45) is 0.495. The smallest absolute Gasteiger partial charge is 0.349 e. The molecule has 2 aliphatic heterocycles. The third-order valence-corrected chi connectivity index (χ3v) is 3.76. The van der Waals surface area contributed by atoms with Crippen LogP contribution in [0, 0.1) is 13.8 Å². The molecule has 0 saturated heterocycles. The van der Waals surface area contributed by atoms with Crippen LogP contribution in [0.1, 0.15) is 17.5 Å². The van der Waals surface area contributed by atoms with Gasteiger partial charge in [0.15, 0.2) is 11.5 Å². The van der Waals surface area contributed by atoms with Crippen LogP contribution in [0.15, 0.2) is 21.7 Å². The largest absolute Gasteiger partial charge is 0.396 e. The van der Waals surface area contributed by atoms with Gasteiger partial charge in [-0.3, -0.25) is 9.78 Å². The number of aryl methyl sites for hydroxylation is 3. The van der Waals surface area contributed by atoms with Crippen LogP contribution < -0.4 is 11.2 Å². The Bertz CT molecular complexity index is 942. The fraction of sp³-hybridized carbons (Fsp3) is 0.333. The first kappa shape index (κ1) is 14.4. The topological polar surface area (TPSA) is 101 Å². The van der Waals surface area contributed by atoms with E-state index in [0.29, 0.717) is 18.5 Å². The van der Waals surface area contributed by atoms with Crippen LogP contribution in [0.3, 0.4) is 0 Å². The lowest BCUT2D eigenvalue weighted by Crippen LogP contribution is -2.29. The van der Waals surface area contributed by atoms with Crippen LogP contribution in [-0.2, 0) is 6.54 Å². The van der Waals surface area contributed by atoms with Crippen molar-refractivity contribution in [1.82, 2.24) is 19.5 Å². The van der Waals surface area contributed by atoms with Gasteiger partial charge in [-0.2, -0.15) is 4.98 Å². The van der Waals surface area contributed by atoms with E-state index in [4.69, 9.17) is 5.11 Å². The number of rotatable bonds is 3. The first-order valence-electron chi connectivity index (χ1n) is 7.04. The van der Waals surface area contributed by atoms with Crippen LogP contribution in [0.4, 0.5) is 0 Å². The minimum atomic E-state index is -0.694. The van der Waals surface area contributed by atoms with E-state index in [2.05, 4.69) is 15.0 Å². The average Bonchev–Trinajstić information content (AvgIpc) is 2.46. The number of aromatic nitrogens is 4. The lowest BCUT2D eigenvalue weighted by atomic mass is 10.1. The number of aromatic amines is 1. The highest BCUT2D eigenvalue weighted by Gasteiger charge is 2.18. The second kappa shape index (κ2) is 5.34. The molecule has 0 bridgehead atoms. The molecule has 7 nitrogen and oxygen atoms in total. The number of H-pyrrole nitrogens is 1. The molecule has 0 atom stereocenters. The molecule has 0 amide bonds. The van der Waals surface area contributed by atoms with Gasteiger partial charge in [-0.15, -0.1) is 0 Å². The summed E-state index contributed by atoms with van der Waals surface area (Å²) in [4.78, 5) is 33.9. The molecule has 2 aliphatic rings. The van der Waals surface area contributed by atoms with Gasteiger partial charge in [-0.05, 0) is 43.5 Å². The predicted octanol–water partition coefficient (Wildman–Crippen LogP) is 0.584. The number of nitrogens with zero attached hydrogens (tertiary/aromatic N) is 3. The van der Waals surface area contributed by atoms with E-state index in [9.17, 15) is 9.59 Å². The van der Waals surface area contributed by atoms with Gasteiger partial charge < -0.3 is 9.67 Å². The minimum absolute atomic E-state index is 0.0105. The van der Waals surface area contributed by atoms with Crippen LogP contribution in [0.2, 0.25) is 0 Å². The van der Waals surface area contributed by atoms with Crippen LogP contribution >= 0.6 is 0 Å². The Morgan fingerprint density at radius 2 is 1.91 bits per heavy atom. The molecule has 0 aliphatic carbocycles. The summed E-state index contributed by atoms with van der Waals surface area (Å²) in [5.74, 6) is 0.248. The van der Waals surface area contributed by atoms with Crippen molar-refractivity contribution in [2.24, 2.45) is 0 Å². The standard InChI is InChI=1S/C15H16N4O3/c1-8-6-10-11(7-9(8)2)19(4-3-5-20)13-12(16-10)14(21)18-15(22)17-13/h6-7,20H,3-5H2,1-2H3,(H,18,21,22). The third kappa shape index (κ3) is 2.29. The van der Waals surface area contributed by atoms with Crippen molar-refractivity contribution < 1.29 is 5.11 Å². The highest BCUT2D eigenvalue weighted by Crippen LogP contribution is 2.23. The van der Waals surface area contributed by atoms with Gasteiger partial charge in [0.25, 0.3) is 5.56 Å². The fourth-order valence-corrected chi connectivity index (χ4v) is 2.51. The number of aliphatic hydroxyl groups excluding tert-OH is 1. The molecule has 1 aromatic carbocycles. The summed E-state index contributed by atoms with van der Waals surface area (Å²) in [7, 11) is 0. The highest BCUT2D eigenvalue weighted by molar-refractivity contribution is 5.81. The first-order valence-corrected chi connectivity index (χ1v) is 7.04. The Hall–Kier alpha value is -2.54. The average molecular weight is 300 g/mol. The van der Waals surface area contributed by atoms with E-state index >= 15 is 0 Å². The Morgan fingerprint density at radius 1 is 1.18 bits per heavy atom. The number of nitrogens with one attached hydrogen (secondary N) is 1. The zero-order valence-corrected chi connectivity index (χ0v) is 12.4. The van der Waals surface area contributed by atoms with Gasteiger partial charge in [0.05, 0.1) is 11.0 Å². The van der Waals surface area contributed by atoms with Gasteiger partial charge in [-0.25, -0.2) is 9.78 Å². The molecule has 7 heteroatoms. The molecule has 0 spiro atoms. The minimum Gasteiger partial charge on any atom is -0.396 e. The van der Waals surface area contributed by atoms with Crippen molar-refractivity contribution in [2.45, 2.75) is 26.8 Å². The van der Waals surface area contributed by atoms with Crippen molar-refractivity contribution in [2.75, 3.05) is 6.61 Å². The van der Waals surface area contributed by atoms with Gasteiger partial charge in [0.1, 0.15) is 0 Å². The van der Waals surface area contributed by atoms with Gasteiger partial charge >= 0.3 is 5.69 Å². The quantitative estimate of drug-likeness (QED) is 0.689. The van der Waals surface area contributed by atoms with E-state index in [-0.39, 0.29) is 18.1 Å². The monoisotopic (exact) mass is 300 g/mol. The van der Waals surface area contributed by atoms with E-state index in [1.807, 2.05) is 26.0 Å². The maximum Gasteiger partial charge on any atom is 0.349 e. The Morgan fingerprint density at radius 3 is 2.64 bits per heavy atom. The molecule has 3 rings (SSSR count). The second-order valence-electron chi connectivity index (χ2n) is 5.31. The molecule has 2 heterocycles. The molecule has 0 radical (unpaired) electrons. The van der Waals surface area contributed by atoms with Crippen molar-refractivity contribution in [3.8, 4) is 11.5 Å². The van der Waals surface area contributed by atoms with Gasteiger partial charge in [0.2, 0.25) is 0 Å². The maximum atomic E-state index is 12.0. The summed E-state index contributed by atoms with van der Waals surface area (Å²) >= 11 is 0. The van der Waals surface area contributed by atoms with E-state index < -0.39 is 11.2 Å². The third-order valence-electron chi connectivity index (χ3n) is 3.76. The predicted molar refractivity (Wildman–Crippen MR) is 82.2 cm³/mol. The van der Waals surface area contributed by atoms with Gasteiger partial charge in [0, 0.05) is 13.2 Å². The summed E-state index contributed by atoms with van der Waals surface area (Å²) in [6, 6.07) is 3.87. The van der Waals surface area contributed by atoms with Crippen molar-refractivity contribution in [3.63, 3.8) is 0 Å². The zero-order valence-electron chi connectivity index (χ0n) is 12.4. The highest BCUT2D eigenvalue weighted by atomic mass is 16.3. The molecule has 22 heavy (non-hydrogen) atoms. The lowest BCUT2D eigenvalue weighted by molar-refractivity contribution is 0.280. The normalized spacial score (nSPS) is 11.4. The fourth-order valence-electron chi connectivity index (χ4n) is 2.51. The van der Waals surface area contributed by atoms with Crippen molar-refractivity contribution in [1.29, 1.82) is 0 Å². The Kier molecular flexibility index (Phi) is 3.50. The Labute approximate surface area is 125 Å². The maximum absolute atomic E-state index is 12.0.